The average molecular weight is 166 g/mol. The summed E-state index contributed by atoms with van der Waals surface area (Å²) in [6.45, 7) is 2.11. The third-order valence-electron chi connectivity index (χ3n) is 1.87. The van der Waals surface area contributed by atoms with Gasteiger partial charge in [-0.1, -0.05) is 25.1 Å². The first kappa shape index (κ1) is 9.07. The molecule has 1 rings (SSSR count). The van der Waals surface area contributed by atoms with Crippen LogP contribution in [-0.2, 0) is 6.42 Å². The Kier molecular flexibility index (Phi) is 3.11. The molecule has 0 saturated heterocycles. The fourth-order valence-electron chi connectivity index (χ4n) is 1.12. The second kappa shape index (κ2) is 4.12. The standard InChI is InChI=1S/C10H14O2/c1-8(7-11)6-9-4-2-3-5-10(9)12/h2-5,8,11-12H,6-7H2,1H3. The van der Waals surface area contributed by atoms with Gasteiger partial charge in [-0.3, -0.25) is 0 Å². The topological polar surface area (TPSA) is 40.5 Å². The normalized spacial score (nSPS) is 12.8. The molecule has 0 aliphatic heterocycles. The summed E-state index contributed by atoms with van der Waals surface area (Å²) in [5.74, 6) is 0.524. The van der Waals surface area contributed by atoms with Crippen molar-refractivity contribution in [1.29, 1.82) is 0 Å². The van der Waals surface area contributed by atoms with E-state index < -0.39 is 0 Å². The summed E-state index contributed by atoms with van der Waals surface area (Å²) in [6, 6.07) is 7.22. The first-order valence-corrected chi connectivity index (χ1v) is 4.11. The lowest BCUT2D eigenvalue weighted by Gasteiger charge is -2.08. The maximum atomic E-state index is 9.37. The predicted octanol–water partition coefficient (Wildman–Crippen LogP) is 1.56. The van der Waals surface area contributed by atoms with Crippen LogP contribution in [0.2, 0.25) is 0 Å². The number of para-hydroxylation sites is 1. The average Bonchev–Trinajstić information content (AvgIpc) is 2.09. The summed E-state index contributed by atoms with van der Waals surface area (Å²) in [6.07, 6.45) is 0.725. The Morgan fingerprint density at radius 3 is 2.58 bits per heavy atom. The third-order valence-corrected chi connectivity index (χ3v) is 1.87. The molecule has 0 bridgehead atoms. The number of aliphatic hydroxyl groups excluding tert-OH is 1. The highest BCUT2D eigenvalue weighted by Crippen LogP contribution is 2.18. The second-order valence-electron chi connectivity index (χ2n) is 3.12. The molecule has 0 radical (unpaired) electrons. The number of hydrogen-bond donors (Lipinski definition) is 2. The van der Waals surface area contributed by atoms with Crippen LogP contribution in [0, 0.1) is 5.92 Å². The minimum atomic E-state index is 0.161. The zero-order valence-electron chi connectivity index (χ0n) is 7.20. The molecule has 0 heterocycles. The van der Waals surface area contributed by atoms with Gasteiger partial charge in [-0.25, -0.2) is 0 Å². The molecular weight excluding hydrogens is 152 g/mol. The van der Waals surface area contributed by atoms with E-state index in [0.717, 1.165) is 12.0 Å². The fourth-order valence-corrected chi connectivity index (χ4v) is 1.12. The molecule has 0 aromatic heterocycles. The van der Waals surface area contributed by atoms with Crippen LogP contribution in [0.3, 0.4) is 0 Å². The van der Waals surface area contributed by atoms with Gasteiger partial charge in [0, 0.05) is 6.61 Å². The summed E-state index contributed by atoms with van der Waals surface area (Å²) in [5.41, 5.74) is 0.902. The zero-order valence-corrected chi connectivity index (χ0v) is 7.20. The largest absolute Gasteiger partial charge is 0.508 e. The number of rotatable bonds is 3. The van der Waals surface area contributed by atoms with Gasteiger partial charge in [0.15, 0.2) is 0 Å². The number of phenols is 1. The van der Waals surface area contributed by atoms with Gasteiger partial charge in [-0.05, 0) is 24.0 Å². The van der Waals surface area contributed by atoms with Crippen molar-refractivity contribution in [3.05, 3.63) is 29.8 Å². The summed E-state index contributed by atoms with van der Waals surface area (Å²) >= 11 is 0. The number of aromatic hydroxyl groups is 1. The molecule has 66 valence electrons. The van der Waals surface area contributed by atoms with Crippen LogP contribution in [0.4, 0.5) is 0 Å². The van der Waals surface area contributed by atoms with Crippen LogP contribution in [0.1, 0.15) is 12.5 Å². The highest BCUT2D eigenvalue weighted by molar-refractivity contribution is 5.31. The Balaban J connectivity index is 2.69. The minimum absolute atomic E-state index is 0.161. The molecule has 1 aromatic carbocycles. The van der Waals surface area contributed by atoms with Crippen LogP contribution in [0.25, 0.3) is 0 Å². The molecular formula is C10H14O2. The zero-order chi connectivity index (χ0) is 8.97. The number of benzene rings is 1. The van der Waals surface area contributed by atoms with Crippen LogP contribution in [0.15, 0.2) is 24.3 Å². The van der Waals surface area contributed by atoms with Gasteiger partial charge in [0.05, 0.1) is 0 Å². The smallest absolute Gasteiger partial charge is 0.118 e. The van der Waals surface area contributed by atoms with Gasteiger partial charge < -0.3 is 10.2 Å². The monoisotopic (exact) mass is 166 g/mol. The van der Waals surface area contributed by atoms with Crippen molar-refractivity contribution in [3.63, 3.8) is 0 Å². The predicted molar refractivity (Wildman–Crippen MR) is 48.1 cm³/mol. The van der Waals surface area contributed by atoms with Gasteiger partial charge in [0.2, 0.25) is 0 Å². The maximum Gasteiger partial charge on any atom is 0.118 e. The van der Waals surface area contributed by atoms with Gasteiger partial charge >= 0.3 is 0 Å². The second-order valence-corrected chi connectivity index (χ2v) is 3.12. The molecule has 2 nitrogen and oxygen atoms in total. The lowest BCUT2D eigenvalue weighted by atomic mass is 10.0. The lowest BCUT2D eigenvalue weighted by Crippen LogP contribution is -2.04. The molecule has 2 N–H and O–H groups in total. The van der Waals surface area contributed by atoms with E-state index in [1.807, 2.05) is 19.1 Å². The minimum Gasteiger partial charge on any atom is -0.508 e. The highest BCUT2D eigenvalue weighted by Gasteiger charge is 2.04. The quantitative estimate of drug-likeness (QED) is 0.715. The molecule has 0 saturated carbocycles. The molecule has 1 aromatic rings. The van der Waals surface area contributed by atoms with E-state index in [2.05, 4.69) is 0 Å². The lowest BCUT2D eigenvalue weighted by molar-refractivity contribution is 0.236. The van der Waals surface area contributed by atoms with Crippen molar-refractivity contribution in [2.24, 2.45) is 5.92 Å². The van der Waals surface area contributed by atoms with E-state index in [0.29, 0.717) is 5.75 Å². The fraction of sp³-hybridized carbons (Fsp3) is 0.400. The molecule has 0 aliphatic rings. The molecule has 0 spiro atoms. The first-order chi connectivity index (χ1) is 5.74. The van der Waals surface area contributed by atoms with E-state index >= 15 is 0 Å². The maximum absolute atomic E-state index is 9.37. The molecule has 1 atom stereocenters. The molecule has 12 heavy (non-hydrogen) atoms. The number of aliphatic hydroxyl groups is 1. The number of hydrogen-bond acceptors (Lipinski definition) is 2. The van der Waals surface area contributed by atoms with E-state index in [-0.39, 0.29) is 12.5 Å². The van der Waals surface area contributed by atoms with Crippen molar-refractivity contribution in [2.75, 3.05) is 6.61 Å². The van der Waals surface area contributed by atoms with Crippen LogP contribution >= 0.6 is 0 Å². The van der Waals surface area contributed by atoms with E-state index in [9.17, 15) is 5.11 Å². The Bertz CT molecular complexity index is 245. The van der Waals surface area contributed by atoms with Crippen LogP contribution < -0.4 is 0 Å². The third kappa shape index (κ3) is 2.24. The number of phenolic OH excluding ortho intramolecular Hbond substituents is 1. The van der Waals surface area contributed by atoms with Crippen LogP contribution in [0.5, 0.6) is 5.75 Å². The van der Waals surface area contributed by atoms with Gasteiger partial charge in [0.25, 0.3) is 0 Å². The Labute approximate surface area is 72.5 Å². The Morgan fingerprint density at radius 2 is 2.00 bits per heavy atom. The van der Waals surface area contributed by atoms with Gasteiger partial charge in [-0.15, -0.1) is 0 Å². The van der Waals surface area contributed by atoms with Crippen LogP contribution in [-0.4, -0.2) is 16.8 Å². The summed E-state index contributed by atoms with van der Waals surface area (Å²) in [5, 5.41) is 18.2. The van der Waals surface area contributed by atoms with Crippen molar-refractivity contribution >= 4 is 0 Å². The van der Waals surface area contributed by atoms with Crippen molar-refractivity contribution in [1.82, 2.24) is 0 Å². The van der Waals surface area contributed by atoms with E-state index in [1.54, 1.807) is 12.1 Å². The molecule has 2 heteroatoms. The Morgan fingerprint density at radius 1 is 1.33 bits per heavy atom. The van der Waals surface area contributed by atoms with Crippen molar-refractivity contribution < 1.29 is 10.2 Å². The van der Waals surface area contributed by atoms with Gasteiger partial charge in [-0.2, -0.15) is 0 Å². The van der Waals surface area contributed by atoms with Crippen molar-refractivity contribution in [2.45, 2.75) is 13.3 Å². The van der Waals surface area contributed by atoms with E-state index in [4.69, 9.17) is 5.11 Å². The summed E-state index contributed by atoms with van der Waals surface area (Å²) < 4.78 is 0. The SMILES string of the molecule is CC(CO)Cc1ccccc1O. The molecule has 0 fully saturated rings. The molecule has 1 unspecified atom stereocenters. The highest BCUT2D eigenvalue weighted by atomic mass is 16.3. The van der Waals surface area contributed by atoms with Gasteiger partial charge in [0.1, 0.15) is 5.75 Å². The Hall–Kier alpha value is -1.02. The molecule has 0 aliphatic carbocycles. The summed E-state index contributed by atoms with van der Waals surface area (Å²) in [4.78, 5) is 0. The first-order valence-electron chi connectivity index (χ1n) is 4.11. The van der Waals surface area contributed by atoms with Crippen molar-refractivity contribution in [3.8, 4) is 5.75 Å². The summed E-state index contributed by atoms with van der Waals surface area (Å²) in [7, 11) is 0. The van der Waals surface area contributed by atoms with E-state index in [1.165, 1.54) is 0 Å². The molecule has 0 amide bonds.